The lowest BCUT2D eigenvalue weighted by Crippen LogP contribution is -2.36. The number of fused-ring (bicyclic) bond motifs is 1. The van der Waals surface area contributed by atoms with E-state index in [1.54, 1.807) is 6.92 Å². The first-order valence-corrected chi connectivity index (χ1v) is 9.29. The molecule has 2 aromatic rings. The summed E-state index contributed by atoms with van der Waals surface area (Å²) in [5.41, 5.74) is 1.93. The fraction of sp³-hybridized carbons (Fsp3) is 0.278. The van der Waals surface area contributed by atoms with E-state index in [0.717, 1.165) is 0 Å². The van der Waals surface area contributed by atoms with Crippen molar-refractivity contribution < 1.29 is 22.3 Å². The summed E-state index contributed by atoms with van der Waals surface area (Å²) in [6.07, 6.45) is 1.26. The Morgan fingerprint density at radius 2 is 1.96 bits per heavy atom. The number of hydrogen-bond acceptors (Lipinski definition) is 4. The van der Waals surface area contributed by atoms with E-state index in [2.05, 4.69) is 4.74 Å². The molecule has 3 rings (SSSR count). The molecule has 0 fully saturated rings. The molecular weight excluding hydrogens is 345 g/mol. The number of carbonyl (C=O) groups excluding carboxylic acids is 1. The first-order chi connectivity index (χ1) is 11.8. The van der Waals surface area contributed by atoms with E-state index in [0.29, 0.717) is 41.8 Å². The lowest BCUT2D eigenvalue weighted by molar-refractivity contribution is 0.0600. The van der Waals surface area contributed by atoms with Gasteiger partial charge in [0.15, 0.2) is 0 Å². The van der Waals surface area contributed by atoms with Crippen LogP contribution < -0.4 is 4.31 Å². The minimum Gasteiger partial charge on any atom is -0.465 e. The Morgan fingerprint density at radius 3 is 2.64 bits per heavy atom. The van der Waals surface area contributed by atoms with Gasteiger partial charge in [-0.15, -0.1) is 0 Å². The molecule has 2 aromatic carbocycles. The van der Waals surface area contributed by atoms with Crippen molar-refractivity contribution in [2.75, 3.05) is 18.0 Å². The van der Waals surface area contributed by atoms with Crippen LogP contribution in [0.2, 0.25) is 0 Å². The van der Waals surface area contributed by atoms with E-state index in [1.165, 1.54) is 47.8 Å². The van der Waals surface area contributed by atoms with Gasteiger partial charge >= 0.3 is 5.97 Å². The molecule has 1 aliphatic rings. The highest BCUT2D eigenvalue weighted by Gasteiger charge is 2.30. The number of rotatable bonds is 3. The van der Waals surface area contributed by atoms with Gasteiger partial charge in [0.25, 0.3) is 10.0 Å². The maximum atomic E-state index is 13.4. The van der Waals surface area contributed by atoms with Crippen molar-refractivity contribution in [3.8, 4) is 0 Å². The van der Waals surface area contributed by atoms with Gasteiger partial charge in [-0.2, -0.15) is 0 Å². The molecular formula is C18H18FNO4S. The number of anilines is 1. The Bertz CT molecular complexity index is 940. The summed E-state index contributed by atoms with van der Waals surface area (Å²) in [4.78, 5) is 11.7. The monoisotopic (exact) mass is 363 g/mol. The Kier molecular flexibility index (Phi) is 4.51. The van der Waals surface area contributed by atoms with Gasteiger partial charge in [-0.05, 0) is 67.3 Å². The second-order valence-corrected chi connectivity index (χ2v) is 7.76. The number of carbonyl (C=O) groups is 1. The lowest BCUT2D eigenvalue weighted by atomic mass is 10.0. The number of halogens is 1. The maximum Gasteiger partial charge on any atom is 0.337 e. The van der Waals surface area contributed by atoms with Crippen LogP contribution in [-0.2, 0) is 21.2 Å². The summed E-state index contributed by atoms with van der Waals surface area (Å²) in [5.74, 6) is -0.901. The van der Waals surface area contributed by atoms with Crippen molar-refractivity contribution in [3.05, 3.63) is 58.9 Å². The van der Waals surface area contributed by atoms with Crippen LogP contribution in [0.15, 0.2) is 41.3 Å². The normalized spacial score (nSPS) is 14.1. The minimum atomic E-state index is -3.81. The van der Waals surface area contributed by atoms with E-state index < -0.39 is 16.0 Å². The van der Waals surface area contributed by atoms with Crippen LogP contribution in [0, 0.1) is 12.7 Å². The highest BCUT2D eigenvalue weighted by Crippen LogP contribution is 2.33. The standard InChI is InChI=1S/C18H18FNO4S/c1-12-10-14(18(21)24-2)5-8-17(12)25(22,23)20-9-3-4-13-11-15(19)6-7-16(13)20/h5-8,10-11H,3-4,9H2,1-2H3. The summed E-state index contributed by atoms with van der Waals surface area (Å²) in [5, 5.41) is 0. The molecule has 0 radical (unpaired) electrons. The Balaban J connectivity index is 2.05. The van der Waals surface area contributed by atoms with Crippen LogP contribution in [0.5, 0.6) is 0 Å². The fourth-order valence-electron chi connectivity index (χ4n) is 3.08. The molecule has 0 unspecified atom stereocenters. The van der Waals surface area contributed by atoms with Gasteiger partial charge in [-0.25, -0.2) is 17.6 Å². The molecule has 25 heavy (non-hydrogen) atoms. The van der Waals surface area contributed by atoms with E-state index in [9.17, 15) is 17.6 Å². The molecule has 0 spiro atoms. The van der Waals surface area contributed by atoms with Crippen molar-refractivity contribution in [1.29, 1.82) is 0 Å². The molecule has 0 saturated heterocycles. The summed E-state index contributed by atoms with van der Waals surface area (Å²) in [6, 6.07) is 8.48. The van der Waals surface area contributed by atoms with Gasteiger partial charge in [-0.1, -0.05) is 0 Å². The number of aryl methyl sites for hydroxylation is 2. The molecule has 132 valence electrons. The fourth-order valence-corrected chi connectivity index (χ4v) is 4.83. The zero-order valence-corrected chi connectivity index (χ0v) is 14.8. The van der Waals surface area contributed by atoms with Crippen LogP contribution in [0.4, 0.5) is 10.1 Å². The molecule has 0 N–H and O–H groups in total. The summed E-state index contributed by atoms with van der Waals surface area (Å²) in [7, 11) is -2.54. The smallest absolute Gasteiger partial charge is 0.337 e. The summed E-state index contributed by atoms with van der Waals surface area (Å²) in [6.45, 7) is 1.97. The molecule has 0 saturated carbocycles. The van der Waals surface area contributed by atoms with Crippen molar-refractivity contribution in [2.45, 2.75) is 24.7 Å². The predicted molar refractivity (Wildman–Crippen MR) is 91.8 cm³/mol. The molecule has 5 nitrogen and oxygen atoms in total. The van der Waals surface area contributed by atoms with Crippen molar-refractivity contribution in [3.63, 3.8) is 0 Å². The van der Waals surface area contributed by atoms with Crippen LogP contribution in [0.3, 0.4) is 0 Å². The molecule has 0 bridgehead atoms. The van der Waals surface area contributed by atoms with E-state index >= 15 is 0 Å². The molecule has 0 atom stereocenters. The number of ether oxygens (including phenoxy) is 1. The number of benzene rings is 2. The Labute approximate surface area is 146 Å². The first kappa shape index (κ1) is 17.4. The van der Waals surface area contributed by atoms with E-state index in [-0.39, 0.29) is 10.7 Å². The first-order valence-electron chi connectivity index (χ1n) is 7.84. The van der Waals surface area contributed by atoms with Gasteiger partial charge in [-0.3, -0.25) is 4.31 Å². The summed E-state index contributed by atoms with van der Waals surface area (Å²) >= 11 is 0. The lowest BCUT2D eigenvalue weighted by Gasteiger charge is -2.31. The molecule has 1 aliphatic heterocycles. The molecule has 1 heterocycles. The molecule has 0 aliphatic carbocycles. The highest BCUT2D eigenvalue weighted by molar-refractivity contribution is 7.92. The number of nitrogens with zero attached hydrogens (tertiary/aromatic N) is 1. The van der Waals surface area contributed by atoms with Crippen molar-refractivity contribution in [2.24, 2.45) is 0 Å². The average molecular weight is 363 g/mol. The third kappa shape index (κ3) is 3.11. The van der Waals surface area contributed by atoms with Crippen molar-refractivity contribution >= 4 is 21.7 Å². The van der Waals surface area contributed by atoms with Crippen LogP contribution in [0.1, 0.15) is 27.9 Å². The molecule has 7 heteroatoms. The molecule has 0 amide bonds. The third-order valence-corrected chi connectivity index (χ3v) is 6.26. The number of esters is 1. The highest BCUT2D eigenvalue weighted by atomic mass is 32.2. The van der Waals surface area contributed by atoms with Gasteiger partial charge < -0.3 is 4.74 Å². The van der Waals surface area contributed by atoms with Crippen LogP contribution in [0.25, 0.3) is 0 Å². The zero-order chi connectivity index (χ0) is 18.2. The molecule has 0 aromatic heterocycles. The van der Waals surface area contributed by atoms with Crippen molar-refractivity contribution in [1.82, 2.24) is 0 Å². The number of methoxy groups -OCH3 is 1. The maximum absolute atomic E-state index is 13.4. The second kappa shape index (κ2) is 6.48. The second-order valence-electron chi connectivity index (χ2n) is 5.93. The van der Waals surface area contributed by atoms with Gasteiger partial charge in [0.1, 0.15) is 5.82 Å². The largest absolute Gasteiger partial charge is 0.465 e. The van der Waals surface area contributed by atoms with Gasteiger partial charge in [0, 0.05) is 6.54 Å². The topological polar surface area (TPSA) is 63.7 Å². The Hall–Kier alpha value is -2.41. The van der Waals surface area contributed by atoms with Crippen LogP contribution in [-0.4, -0.2) is 28.0 Å². The Morgan fingerprint density at radius 1 is 1.20 bits per heavy atom. The SMILES string of the molecule is COC(=O)c1ccc(S(=O)(=O)N2CCCc3cc(F)ccc32)c(C)c1. The average Bonchev–Trinajstić information content (AvgIpc) is 2.59. The van der Waals surface area contributed by atoms with Gasteiger partial charge in [0.2, 0.25) is 0 Å². The zero-order valence-electron chi connectivity index (χ0n) is 14.0. The van der Waals surface area contributed by atoms with E-state index in [4.69, 9.17) is 0 Å². The quantitative estimate of drug-likeness (QED) is 0.786. The minimum absolute atomic E-state index is 0.123. The van der Waals surface area contributed by atoms with Gasteiger partial charge in [0.05, 0.1) is 23.3 Å². The summed E-state index contributed by atoms with van der Waals surface area (Å²) < 4.78 is 45.7. The van der Waals surface area contributed by atoms with Crippen LogP contribution >= 0.6 is 0 Å². The predicted octanol–water partition coefficient (Wildman–Crippen LogP) is 3.06. The van der Waals surface area contributed by atoms with E-state index in [1.807, 2.05) is 0 Å². The third-order valence-electron chi connectivity index (χ3n) is 4.28. The number of sulfonamides is 1. The number of hydrogen-bond donors (Lipinski definition) is 0.